The molecule has 108 valence electrons. The van der Waals surface area contributed by atoms with Gasteiger partial charge in [-0.15, -0.1) is 0 Å². The van der Waals surface area contributed by atoms with Crippen LogP contribution in [0.25, 0.3) is 0 Å². The average Bonchev–Trinajstić information content (AvgIpc) is 2.87. The molecule has 2 rings (SSSR count). The molecule has 6 nitrogen and oxygen atoms in total. The van der Waals surface area contributed by atoms with Gasteiger partial charge in [0.25, 0.3) is 10.0 Å². The van der Waals surface area contributed by atoms with Crippen LogP contribution in [-0.4, -0.2) is 25.2 Å². The van der Waals surface area contributed by atoms with Gasteiger partial charge in [0.05, 0.1) is 17.6 Å². The Kier molecular flexibility index (Phi) is 4.10. The standard InChI is InChI=1S/C13H18N4O2S/c1-3-17(12-6-4-11(8-14)5-7-12)20(18,19)13-9-15-16-10(13)2/h4-7,9H,3,8,14H2,1-2H3,(H,15,16). The first-order valence-electron chi connectivity index (χ1n) is 6.32. The molecule has 0 saturated heterocycles. The van der Waals surface area contributed by atoms with Crippen molar-refractivity contribution in [3.63, 3.8) is 0 Å². The molecule has 0 fully saturated rings. The second-order valence-electron chi connectivity index (χ2n) is 4.40. The van der Waals surface area contributed by atoms with Crippen molar-refractivity contribution in [1.82, 2.24) is 10.2 Å². The molecule has 0 spiro atoms. The Bertz CT molecular complexity index is 677. The van der Waals surface area contributed by atoms with Crippen LogP contribution in [0.1, 0.15) is 18.2 Å². The highest BCUT2D eigenvalue weighted by Gasteiger charge is 2.26. The van der Waals surface area contributed by atoms with Crippen molar-refractivity contribution in [3.8, 4) is 0 Å². The number of aryl methyl sites for hydroxylation is 1. The lowest BCUT2D eigenvalue weighted by molar-refractivity contribution is 0.591. The topological polar surface area (TPSA) is 92.1 Å². The minimum absolute atomic E-state index is 0.197. The van der Waals surface area contributed by atoms with Gasteiger partial charge in [0.15, 0.2) is 0 Å². The average molecular weight is 294 g/mol. The fraction of sp³-hybridized carbons (Fsp3) is 0.308. The number of aromatic amines is 1. The van der Waals surface area contributed by atoms with Crippen molar-refractivity contribution in [1.29, 1.82) is 0 Å². The maximum Gasteiger partial charge on any atom is 0.267 e. The van der Waals surface area contributed by atoms with Crippen molar-refractivity contribution >= 4 is 15.7 Å². The van der Waals surface area contributed by atoms with Crippen molar-refractivity contribution in [2.45, 2.75) is 25.3 Å². The molecule has 0 aliphatic rings. The lowest BCUT2D eigenvalue weighted by Crippen LogP contribution is -2.31. The number of nitrogens with two attached hydrogens (primary N) is 1. The summed E-state index contributed by atoms with van der Waals surface area (Å²) in [6, 6.07) is 7.18. The number of benzene rings is 1. The third-order valence-electron chi connectivity index (χ3n) is 3.10. The van der Waals surface area contributed by atoms with Crippen LogP contribution in [0.5, 0.6) is 0 Å². The summed E-state index contributed by atoms with van der Waals surface area (Å²) in [4.78, 5) is 0.197. The zero-order valence-electron chi connectivity index (χ0n) is 11.5. The summed E-state index contributed by atoms with van der Waals surface area (Å²) in [7, 11) is -3.60. The fourth-order valence-corrected chi connectivity index (χ4v) is 3.60. The van der Waals surface area contributed by atoms with Gasteiger partial charge in [-0.3, -0.25) is 9.40 Å². The first-order chi connectivity index (χ1) is 9.50. The number of nitrogens with zero attached hydrogens (tertiary/aromatic N) is 2. The van der Waals surface area contributed by atoms with Gasteiger partial charge in [-0.2, -0.15) is 5.10 Å². The molecule has 0 bridgehead atoms. The van der Waals surface area contributed by atoms with Gasteiger partial charge in [-0.05, 0) is 31.5 Å². The summed E-state index contributed by atoms with van der Waals surface area (Å²) >= 11 is 0. The lowest BCUT2D eigenvalue weighted by Gasteiger charge is -2.22. The van der Waals surface area contributed by atoms with Gasteiger partial charge in [0.2, 0.25) is 0 Å². The van der Waals surface area contributed by atoms with Crippen LogP contribution < -0.4 is 10.0 Å². The highest BCUT2D eigenvalue weighted by molar-refractivity contribution is 7.92. The van der Waals surface area contributed by atoms with E-state index < -0.39 is 10.0 Å². The Morgan fingerprint density at radius 3 is 2.40 bits per heavy atom. The molecule has 0 atom stereocenters. The van der Waals surface area contributed by atoms with Gasteiger partial charge in [0.1, 0.15) is 4.90 Å². The minimum atomic E-state index is -3.60. The monoisotopic (exact) mass is 294 g/mol. The number of anilines is 1. The van der Waals surface area contributed by atoms with E-state index in [1.165, 1.54) is 10.5 Å². The minimum Gasteiger partial charge on any atom is -0.326 e. The number of rotatable bonds is 5. The summed E-state index contributed by atoms with van der Waals surface area (Å²) in [5.41, 5.74) is 7.65. The normalized spacial score (nSPS) is 11.6. The van der Waals surface area contributed by atoms with Crippen molar-refractivity contribution < 1.29 is 8.42 Å². The zero-order chi connectivity index (χ0) is 14.8. The van der Waals surface area contributed by atoms with Gasteiger partial charge in [-0.25, -0.2) is 8.42 Å². The van der Waals surface area contributed by atoms with E-state index in [2.05, 4.69) is 10.2 Å². The molecule has 1 heterocycles. The lowest BCUT2D eigenvalue weighted by atomic mass is 10.2. The van der Waals surface area contributed by atoms with E-state index >= 15 is 0 Å². The predicted molar refractivity (Wildman–Crippen MR) is 77.9 cm³/mol. The fourth-order valence-electron chi connectivity index (χ4n) is 2.01. The SMILES string of the molecule is CCN(c1ccc(CN)cc1)S(=O)(=O)c1cn[nH]c1C. The van der Waals surface area contributed by atoms with Gasteiger partial charge in [-0.1, -0.05) is 12.1 Å². The van der Waals surface area contributed by atoms with Gasteiger partial charge < -0.3 is 5.73 Å². The molecule has 1 aromatic heterocycles. The molecule has 7 heteroatoms. The Morgan fingerprint density at radius 2 is 1.95 bits per heavy atom. The van der Waals surface area contributed by atoms with Crippen LogP contribution in [0.3, 0.4) is 0 Å². The Hall–Kier alpha value is -1.86. The predicted octanol–water partition coefficient (Wildman–Crippen LogP) is 1.39. The second kappa shape index (κ2) is 5.64. The maximum absolute atomic E-state index is 12.6. The highest BCUT2D eigenvalue weighted by atomic mass is 32.2. The summed E-state index contributed by atoms with van der Waals surface area (Å²) in [6.07, 6.45) is 1.33. The Balaban J connectivity index is 2.43. The number of hydrogen-bond donors (Lipinski definition) is 2. The van der Waals surface area contributed by atoms with Crippen LogP contribution >= 0.6 is 0 Å². The molecule has 0 amide bonds. The maximum atomic E-state index is 12.6. The van der Waals surface area contributed by atoms with E-state index in [0.717, 1.165) is 5.56 Å². The molecule has 20 heavy (non-hydrogen) atoms. The molecular weight excluding hydrogens is 276 g/mol. The molecule has 0 aliphatic heterocycles. The van der Waals surface area contributed by atoms with Crippen molar-refractivity contribution in [2.24, 2.45) is 5.73 Å². The van der Waals surface area contributed by atoms with Crippen molar-refractivity contribution in [3.05, 3.63) is 41.7 Å². The quantitative estimate of drug-likeness (QED) is 0.871. The Labute approximate surface area is 118 Å². The van der Waals surface area contributed by atoms with E-state index in [0.29, 0.717) is 24.5 Å². The summed E-state index contributed by atoms with van der Waals surface area (Å²) in [5.74, 6) is 0. The summed E-state index contributed by atoms with van der Waals surface area (Å²) in [5, 5.41) is 6.43. The third kappa shape index (κ3) is 2.54. The van der Waals surface area contributed by atoms with E-state index in [1.54, 1.807) is 26.0 Å². The molecule has 0 saturated carbocycles. The first-order valence-corrected chi connectivity index (χ1v) is 7.76. The molecule has 3 N–H and O–H groups in total. The van der Waals surface area contributed by atoms with Crippen molar-refractivity contribution in [2.75, 3.05) is 10.8 Å². The second-order valence-corrected chi connectivity index (χ2v) is 6.23. The summed E-state index contributed by atoms with van der Waals surface area (Å²) < 4.78 is 26.6. The van der Waals surface area contributed by atoms with Crippen LogP contribution in [0.2, 0.25) is 0 Å². The molecular formula is C13H18N4O2S. The van der Waals surface area contributed by atoms with Crippen LogP contribution in [0.15, 0.2) is 35.4 Å². The van der Waals surface area contributed by atoms with E-state index in [4.69, 9.17) is 5.73 Å². The van der Waals surface area contributed by atoms with Crippen LogP contribution in [0.4, 0.5) is 5.69 Å². The number of H-pyrrole nitrogens is 1. The highest BCUT2D eigenvalue weighted by Crippen LogP contribution is 2.24. The molecule has 0 unspecified atom stereocenters. The number of hydrogen-bond acceptors (Lipinski definition) is 4. The van der Waals surface area contributed by atoms with Gasteiger partial charge >= 0.3 is 0 Å². The number of nitrogens with one attached hydrogen (secondary N) is 1. The third-order valence-corrected chi connectivity index (χ3v) is 5.12. The molecule has 2 aromatic rings. The first kappa shape index (κ1) is 14.5. The van der Waals surface area contributed by atoms with E-state index in [-0.39, 0.29) is 4.90 Å². The Morgan fingerprint density at radius 1 is 1.30 bits per heavy atom. The smallest absolute Gasteiger partial charge is 0.267 e. The number of sulfonamides is 1. The van der Waals surface area contributed by atoms with Crippen LogP contribution in [-0.2, 0) is 16.6 Å². The molecule has 0 radical (unpaired) electrons. The molecule has 1 aromatic carbocycles. The van der Waals surface area contributed by atoms with E-state index in [1.807, 2.05) is 12.1 Å². The largest absolute Gasteiger partial charge is 0.326 e. The summed E-state index contributed by atoms with van der Waals surface area (Å²) in [6.45, 7) is 4.25. The zero-order valence-corrected chi connectivity index (χ0v) is 12.3. The number of aromatic nitrogens is 2. The molecule has 0 aliphatic carbocycles. The van der Waals surface area contributed by atoms with E-state index in [9.17, 15) is 8.42 Å². The van der Waals surface area contributed by atoms with Gasteiger partial charge in [0, 0.05) is 13.1 Å². The van der Waals surface area contributed by atoms with Crippen LogP contribution in [0, 0.1) is 6.92 Å².